The minimum Gasteiger partial charge on any atom is -0.463 e. The average molecular weight is 726 g/mol. The van der Waals surface area contributed by atoms with Crippen molar-refractivity contribution in [2.45, 2.75) is 61.9 Å². The second kappa shape index (κ2) is 16.3. The summed E-state index contributed by atoms with van der Waals surface area (Å²) in [6.07, 6.45) is 4.36. The van der Waals surface area contributed by atoms with Crippen LogP contribution in [-0.4, -0.2) is 77.2 Å². The van der Waals surface area contributed by atoms with Gasteiger partial charge in [-0.05, 0) is 61.1 Å². The van der Waals surface area contributed by atoms with E-state index in [4.69, 9.17) is 21.1 Å². The summed E-state index contributed by atoms with van der Waals surface area (Å²) in [6.45, 7) is 7.14. The Morgan fingerprint density at radius 2 is 1.73 bits per heavy atom. The third kappa shape index (κ3) is 7.28. The Labute approximate surface area is 309 Å². The Kier molecular flexibility index (Phi) is 11.6. The Morgan fingerprint density at radius 3 is 2.38 bits per heavy atom. The van der Waals surface area contributed by atoms with Crippen LogP contribution in [0, 0.1) is 11.8 Å². The molecular formula is C41H44ClN3O7. The van der Waals surface area contributed by atoms with Crippen molar-refractivity contribution < 1.29 is 33.8 Å². The molecule has 10 nitrogen and oxygen atoms in total. The van der Waals surface area contributed by atoms with Crippen molar-refractivity contribution in [2.75, 3.05) is 24.7 Å². The number of nitrogens with zero attached hydrogens (tertiary/aromatic N) is 2. The first-order valence-electron chi connectivity index (χ1n) is 17.7. The molecule has 3 amide bonds. The summed E-state index contributed by atoms with van der Waals surface area (Å²) >= 11 is 6.19. The van der Waals surface area contributed by atoms with Crippen molar-refractivity contribution in [3.05, 3.63) is 126 Å². The van der Waals surface area contributed by atoms with Crippen molar-refractivity contribution in [3.8, 4) is 0 Å². The van der Waals surface area contributed by atoms with Gasteiger partial charge in [-0.2, -0.15) is 0 Å². The molecule has 2 N–H and O–H groups in total. The molecule has 3 heterocycles. The standard InChI is InChI=1S/C41H44ClN3O7/c1-3-5-16-34(47)51-26-32(28-14-10-7-11-15-28)43-38(48)35-33-21-22-41(52-33)36(35)39(49)45(31(25-46)24-27-12-8-6-9-13-27)37(41)40(50)44(23-4-2)30-19-17-29(42)18-20-30/h3-4,6-15,17-20,31-33,35-37,46H,1-2,5,16,21-26H2,(H,43,48)/t31-,32+,33-,35+,36+,37-,41+/m1/s1. The van der Waals surface area contributed by atoms with Gasteiger partial charge >= 0.3 is 5.97 Å². The van der Waals surface area contributed by atoms with Crippen LogP contribution in [0.5, 0.6) is 0 Å². The molecule has 0 aliphatic carbocycles. The van der Waals surface area contributed by atoms with Gasteiger partial charge in [0.2, 0.25) is 11.8 Å². The van der Waals surface area contributed by atoms with Crippen LogP contribution in [0.3, 0.4) is 0 Å². The molecule has 1 spiro atoms. The van der Waals surface area contributed by atoms with Gasteiger partial charge in [0, 0.05) is 23.7 Å². The molecule has 6 rings (SSSR count). The van der Waals surface area contributed by atoms with Crippen LogP contribution in [-0.2, 0) is 35.1 Å². The third-order valence-electron chi connectivity index (χ3n) is 10.4. The Balaban J connectivity index is 1.36. The van der Waals surface area contributed by atoms with Gasteiger partial charge in [0.05, 0.1) is 36.6 Å². The number of aliphatic hydroxyl groups excluding tert-OH is 1. The number of hydrogen-bond acceptors (Lipinski definition) is 7. The smallest absolute Gasteiger partial charge is 0.306 e. The van der Waals surface area contributed by atoms with Crippen molar-refractivity contribution in [3.63, 3.8) is 0 Å². The van der Waals surface area contributed by atoms with Crippen LogP contribution in [0.25, 0.3) is 0 Å². The molecule has 3 saturated heterocycles. The van der Waals surface area contributed by atoms with E-state index in [0.29, 0.717) is 30.0 Å². The highest BCUT2D eigenvalue weighted by atomic mass is 35.5. The maximum atomic E-state index is 15.0. The molecule has 3 aliphatic rings. The highest BCUT2D eigenvalue weighted by molar-refractivity contribution is 6.30. The van der Waals surface area contributed by atoms with E-state index >= 15 is 0 Å². The van der Waals surface area contributed by atoms with E-state index in [1.165, 1.54) is 4.90 Å². The van der Waals surface area contributed by atoms with Crippen molar-refractivity contribution >= 4 is 41.0 Å². The molecule has 52 heavy (non-hydrogen) atoms. The first kappa shape index (κ1) is 37.0. The van der Waals surface area contributed by atoms with Crippen molar-refractivity contribution in [2.24, 2.45) is 11.8 Å². The number of nitrogens with one attached hydrogen (secondary N) is 1. The number of benzene rings is 3. The summed E-state index contributed by atoms with van der Waals surface area (Å²) in [4.78, 5) is 59.8. The quantitative estimate of drug-likeness (QED) is 0.154. The minimum absolute atomic E-state index is 0.109. The van der Waals surface area contributed by atoms with Crippen LogP contribution in [0.1, 0.15) is 42.9 Å². The van der Waals surface area contributed by atoms with E-state index in [0.717, 1.165) is 11.1 Å². The maximum Gasteiger partial charge on any atom is 0.306 e. The molecule has 3 aliphatic heterocycles. The summed E-state index contributed by atoms with van der Waals surface area (Å²) in [6, 6.07) is 22.8. The predicted molar refractivity (Wildman–Crippen MR) is 197 cm³/mol. The highest BCUT2D eigenvalue weighted by Gasteiger charge is 2.75. The number of carbonyl (C=O) groups excluding carboxylic acids is 4. The molecule has 3 aromatic rings. The van der Waals surface area contributed by atoms with Gasteiger partial charge in [-0.3, -0.25) is 19.2 Å². The fourth-order valence-electron chi connectivity index (χ4n) is 8.06. The monoisotopic (exact) mass is 725 g/mol. The molecule has 0 saturated carbocycles. The largest absolute Gasteiger partial charge is 0.463 e. The fraction of sp³-hybridized carbons (Fsp3) is 0.366. The maximum absolute atomic E-state index is 15.0. The normalized spacial score (nSPS) is 24.1. The van der Waals surface area contributed by atoms with E-state index in [9.17, 15) is 24.3 Å². The number of allylic oxidation sites excluding steroid dienone is 1. The lowest BCUT2D eigenvalue weighted by Gasteiger charge is -2.39. The zero-order chi connectivity index (χ0) is 36.8. The molecule has 2 bridgehead atoms. The van der Waals surface area contributed by atoms with Crippen molar-refractivity contribution in [1.29, 1.82) is 0 Å². The highest BCUT2D eigenvalue weighted by Crippen LogP contribution is 2.59. The van der Waals surface area contributed by atoms with Crippen LogP contribution in [0.15, 0.2) is 110 Å². The number of anilines is 1. The van der Waals surface area contributed by atoms with Crippen LogP contribution < -0.4 is 10.2 Å². The number of halogens is 1. The third-order valence-corrected chi connectivity index (χ3v) is 10.6. The lowest BCUT2D eigenvalue weighted by molar-refractivity contribution is -0.146. The SMILES string of the molecule is C=CCCC(=O)OC[C@H](NC(=O)[C@@H]1[C@H]2C(=O)N([C@@H](CO)Cc3ccccc3)[C@H](C(=O)N(CC=C)c3ccc(Cl)cc3)[C@]23CC[C@H]1O3)c1ccccc1. The van der Waals surface area contributed by atoms with Gasteiger partial charge in [0.15, 0.2) is 0 Å². The summed E-state index contributed by atoms with van der Waals surface area (Å²) < 4.78 is 12.3. The van der Waals surface area contributed by atoms with Crippen LogP contribution in [0.2, 0.25) is 5.02 Å². The molecule has 272 valence electrons. The second-order valence-electron chi connectivity index (χ2n) is 13.5. The molecular weight excluding hydrogens is 682 g/mol. The topological polar surface area (TPSA) is 125 Å². The summed E-state index contributed by atoms with van der Waals surface area (Å²) in [7, 11) is 0. The second-order valence-corrected chi connectivity index (χ2v) is 14.0. The summed E-state index contributed by atoms with van der Waals surface area (Å²) in [5.41, 5.74) is 0.838. The Hall–Kier alpha value is -4.77. The zero-order valence-electron chi connectivity index (χ0n) is 28.9. The number of hydrogen-bond donors (Lipinski definition) is 2. The van der Waals surface area contributed by atoms with E-state index in [1.807, 2.05) is 60.7 Å². The van der Waals surface area contributed by atoms with E-state index in [1.54, 1.807) is 41.3 Å². The first-order valence-corrected chi connectivity index (χ1v) is 18.0. The molecule has 3 fully saturated rings. The number of carbonyl (C=O) groups is 4. The van der Waals surface area contributed by atoms with E-state index < -0.39 is 72.0 Å². The number of esters is 1. The van der Waals surface area contributed by atoms with Gasteiger partial charge < -0.3 is 29.7 Å². The van der Waals surface area contributed by atoms with E-state index in [-0.39, 0.29) is 26.0 Å². The lowest BCUT2D eigenvalue weighted by atomic mass is 9.70. The van der Waals surface area contributed by atoms with Crippen molar-refractivity contribution in [1.82, 2.24) is 10.2 Å². The average Bonchev–Trinajstić information content (AvgIpc) is 3.82. The summed E-state index contributed by atoms with van der Waals surface area (Å²) in [5.74, 6) is -3.59. The number of rotatable bonds is 16. The van der Waals surface area contributed by atoms with Gasteiger partial charge in [-0.1, -0.05) is 84.4 Å². The van der Waals surface area contributed by atoms with Gasteiger partial charge in [0.25, 0.3) is 5.91 Å². The number of aliphatic hydroxyl groups is 1. The molecule has 0 radical (unpaired) electrons. The van der Waals surface area contributed by atoms with Gasteiger partial charge in [-0.15, -0.1) is 13.2 Å². The molecule has 3 aromatic carbocycles. The van der Waals surface area contributed by atoms with Crippen LogP contribution in [0.4, 0.5) is 5.69 Å². The lowest BCUT2D eigenvalue weighted by Crippen LogP contribution is -2.59. The zero-order valence-corrected chi connectivity index (χ0v) is 29.7. The number of amides is 3. The predicted octanol–water partition coefficient (Wildman–Crippen LogP) is 5.20. The molecule has 0 unspecified atom stereocenters. The fourth-order valence-corrected chi connectivity index (χ4v) is 8.19. The molecule has 7 atom stereocenters. The molecule has 0 aromatic heterocycles. The molecule has 11 heteroatoms. The Morgan fingerprint density at radius 1 is 1.04 bits per heavy atom. The number of likely N-dealkylation sites (tertiary alicyclic amines) is 1. The van der Waals surface area contributed by atoms with Crippen LogP contribution >= 0.6 is 11.6 Å². The number of ether oxygens (including phenoxy) is 2. The van der Waals surface area contributed by atoms with Gasteiger partial charge in [-0.25, -0.2) is 0 Å². The number of fused-ring (bicyclic) bond motifs is 1. The van der Waals surface area contributed by atoms with Gasteiger partial charge in [0.1, 0.15) is 18.2 Å². The van der Waals surface area contributed by atoms with E-state index in [2.05, 4.69) is 18.5 Å². The first-order chi connectivity index (χ1) is 25.2. The Bertz CT molecular complexity index is 1770. The minimum atomic E-state index is -1.32. The summed E-state index contributed by atoms with van der Waals surface area (Å²) in [5, 5.41) is 14.4.